The molecular weight excluding hydrogens is 274 g/mol. The molecule has 0 aromatic heterocycles. The fraction of sp³-hybridized carbons (Fsp3) is 0.857. The van der Waals surface area contributed by atoms with Gasteiger partial charge in [0, 0.05) is 31.9 Å². The summed E-state index contributed by atoms with van der Waals surface area (Å²) in [6, 6.07) is 0. The van der Waals surface area contributed by atoms with Crippen molar-refractivity contribution in [2.45, 2.75) is 38.9 Å². The zero-order chi connectivity index (χ0) is 15.0. The van der Waals surface area contributed by atoms with Crippen LogP contribution in [0.1, 0.15) is 33.6 Å². The Kier molecular flexibility index (Phi) is 7.37. The highest BCUT2D eigenvalue weighted by atomic mass is 32.2. The van der Waals surface area contributed by atoms with Crippen LogP contribution in [0.5, 0.6) is 0 Å². The molecule has 1 unspecified atom stereocenters. The van der Waals surface area contributed by atoms with Crippen LogP contribution in [0.15, 0.2) is 4.99 Å². The molecule has 2 N–H and O–H groups in total. The second-order valence-corrected chi connectivity index (χ2v) is 7.46. The summed E-state index contributed by atoms with van der Waals surface area (Å²) in [6.07, 6.45) is 1.62. The van der Waals surface area contributed by atoms with Gasteiger partial charge in [-0.2, -0.15) is 0 Å². The maximum Gasteiger partial charge on any atom is 0.221 e. The molecule has 1 amide bonds. The van der Waals surface area contributed by atoms with Crippen molar-refractivity contribution in [2.75, 3.05) is 33.4 Å². The van der Waals surface area contributed by atoms with E-state index in [1.54, 1.807) is 18.9 Å². The molecule has 5 nitrogen and oxygen atoms in total. The predicted molar refractivity (Wildman–Crippen MR) is 85.3 cm³/mol. The number of hydrogen-bond donors (Lipinski definition) is 2. The molecule has 0 aromatic carbocycles. The average Bonchev–Trinajstić information content (AvgIpc) is 2.74. The molecule has 1 aliphatic rings. The van der Waals surface area contributed by atoms with Crippen molar-refractivity contribution >= 4 is 22.8 Å². The minimum Gasteiger partial charge on any atom is -0.383 e. The lowest BCUT2D eigenvalue weighted by molar-refractivity contribution is -0.121. The minimum absolute atomic E-state index is 0.0457. The van der Waals surface area contributed by atoms with Gasteiger partial charge in [0.2, 0.25) is 5.91 Å². The highest BCUT2D eigenvalue weighted by Gasteiger charge is 2.24. The smallest absolute Gasteiger partial charge is 0.221 e. The maximum absolute atomic E-state index is 11.5. The van der Waals surface area contributed by atoms with Crippen molar-refractivity contribution < 1.29 is 9.53 Å². The first kappa shape index (κ1) is 17.3. The van der Waals surface area contributed by atoms with Gasteiger partial charge in [-0.1, -0.05) is 32.5 Å². The number of nitrogens with zero attached hydrogens (tertiary/aromatic N) is 1. The van der Waals surface area contributed by atoms with Gasteiger partial charge in [0.25, 0.3) is 0 Å². The van der Waals surface area contributed by atoms with Gasteiger partial charge in [0.1, 0.15) is 0 Å². The summed E-state index contributed by atoms with van der Waals surface area (Å²) in [5, 5.41) is 7.58. The zero-order valence-electron chi connectivity index (χ0n) is 13.0. The number of hydrogen-bond acceptors (Lipinski definition) is 5. The first-order chi connectivity index (χ1) is 9.40. The molecule has 0 spiro atoms. The quantitative estimate of drug-likeness (QED) is 0.702. The van der Waals surface area contributed by atoms with Gasteiger partial charge in [-0.15, -0.1) is 0 Å². The molecule has 1 atom stereocenters. The topological polar surface area (TPSA) is 62.7 Å². The third-order valence-corrected chi connectivity index (χ3v) is 3.96. The molecule has 116 valence electrons. The molecule has 0 bridgehead atoms. The summed E-state index contributed by atoms with van der Waals surface area (Å²) in [5.41, 5.74) is 0.337. The number of thioether (sulfide) groups is 1. The van der Waals surface area contributed by atoms with Gasteiger partial charge < -0.3 is 15.4 Å². The third kappa shape index (κ3) is 7.75. The molecule has 0 saturated heterocycles. The molecule has 0 fully saturated rings. The number of rotatable bonds is 7. The second kappa shape index (κ2) is 8.52. The Morgan fingerprint density at radius 3 is 2.85 bits per heavy atom. The molecule has 0 saturated carbocycles. The first-order valence-electron chi connectivity index (χ1n) is 7.11. The molecule has 20 heavy (non-hydrogen) atoms. The Hall–Kier alpha value is -0.750. The van der Waals surface area contributed by atoms with Gasteiger partial charge in [0.15, 0.2) is 5.17 Å². The van der Waals surface area contributed by atoms with Gasteiger partial charge in [-0.3, -0.25) is 9.79 Å². The van der Waals surface area contributed by atoms with Crippen LogP contribution in [0.25, 0.3) is 0 Å². The monoisotopic (exact) mass is 301 g/mol. The number of methoxy groups -OCH3 is 1. The molecule has 0 aromatic rings. The van der Waals surface area contributed by atoms with Gasteiger partial charge >= 0.3 is 0 Å². The number of nitrogens with one attached hydrogen (secondary N) is 2. The van der Waals surface area contributed by atoms with Crippen molar-refractivity contribution in [3.63, 3.8) is 0 Å². The Morgan fingerprint density at radius 2 is 2.20 bits per heavy atom. The molecule has 6 heteroatoms. The van der Waals surface area contributed by atoms with E-state index in [1.807, 2.05) is 0 Å². The summed E-state index contributed by atoms with van der Waals surface area (Å²) < 4.78 is 4.88. The standard InChI is InChI=1S/C14H27N3O2S/c1-14(2,3)9-11-10-17-13(20-11)16-6-5-12(18)15-7-8-19-4/h11H,5-10H2,1-4H3,(H,15,18)(H,16,17). The van der Waals surface area contributed by atoms with E-state index in [1.165, 1.54) is 0 Å². The van der Waals surface area contributed by atoms with Crippen LogP contribution < -0.4 is 10.6 Å². The molecule has 0 aliphatic carbocycles. The summed E-state index contributed by atoms with van der Waals surface area (Å²) in [5.74, 6) is 0.0457. The number of aliphatic imine (C=N–C) groups is 1. The van der Waals surface area contributed by atoms with Gasteiger partial charge in [0.05, 0.1) is 13.2 Å². The molecule has 1 aliphatic heterocycles. The number of amidine groups is 1. The van der Waals surface area contributed by atoms with Crippen LogP contribution in [-0.4, -0.2) is 49.7 Å². The summed E-state index contributed by atoms with van der Waals surface area (Å²) in [6.45, 7) is 9.39. The van der Waals surface area contributed by atoms with Crippen molar-refractivity contribution in [1.82, 2.24) is 10.6 Å². The highest BCUT2D eigenvalue weighted by Crippen LogP contribution is 2.31. The van der Waals surface area contributed by atoms with E-state index in [0.717, 1.165) is 18.1 Å². The average molecular weight is 301 g/mol. The first-order valence-corrected chi connectivity index (χ1v) is 7.99. The number of ether oxygens (including phenoxy) is 1. The SMILES string of the molecule is COCCNC(=O)CCNC1=NCC(CC(C)(C)C)S1. The van der Waals surface area contributed by atoms with E-state index in [2.05, 4.69) is 36.4 Å². The molecule has 1 heterocycles. The van der Waals surface area contributed by atoms with Crippen LogP contribution in [0, 0.1) is 5.41 Å². The summed E-state index contributed by atoms with van der Waals surface area (Å²) >= 11 is 1.80. The van der Waals surface area contributed by atoms with Gasteiger partial charge in [-0.25, -0.2) is 0 Å². The van der Waals surface area contributed by atoms with Crippen molar-refractivity contribution in [3.8, 4) is 0 Å². The summed E-state index contributed by atoms with van der Waals surface area (Å²) in [4.78, 5) is 16.0. The number of carbonyl (C=O) groups is 1. The lowest BCUT2D eigenvalue weighted by Crippen LogP contribution is -2.31. The second-order valence-electron chi connectivity index (χ2n) is 6.17. The van der Waals surface area contributed by atoms with E-state index in [9.17, 15) is 4.79 Å². The molecule has 0 radical (unpaired) electrons. The number of carbonyl (C=O) groups excluding carboxylic acids is 1. The van der Waals surface area contributed by atoms with Crippen molar-refractivity contribution in [2.24, 2.45) is 10.4 Å². The van der Waals surface area contributed by atoms with E-state index >= 15 is 0 Å². The fourth-order valence-electron chi connectivity index (χ4n) is 1.97. The van der Waals surface area contributed by atoms with Crippen LogP contribution in [0.2, 0.25) is 0 Å². The fourth-order valence-corrected chi connectivity index (χ4v) is 3.35. The lowest BCUT2D eigenvalue weighted by atomic mass is 9.90. The zero-order valence-corrected chi connectivity index (χ0v) is 13.8. The summed E-state index contributed by atoms with van der Waals surface area (Å²) in [7, 11) is 1.62. The Balaban J connectivity index is 2.10. The normalized spacial score (nSPS) is 18.8. The number of amides is 1. The van der Waals surface area contributed by atoms with Crippen molar-refractivity contribution in [1.29, 1.82) is 0 Å². The predicted octanol–water partition coefficient (Wildman–Crippen LogP) is 1.64. The van der Waals surface area contributed by atoms with Crippen molar-refractivity contribution in [3.05, 3.63) is 0 Å². The van der Waals surface area contributed by atoms with E-state index in [4.69, 9.17) is 4.74 Å². The maximum atomic E-state index is 11.5. The highest BCUT2D eigenvalue weighted by molar-refractivity contribution is 8.14. The largest absolute Gasteiger partial charge is 0.383 e. The van der Waals surface area contributed by atoms with E-state index in [-0.39, 0.29) is 5.91 Å². The third-order valence-electron chi connectivity index (χ3n) is 2.81. The van der Waals surface area contributed by atoms with Gasteiger partial charge in [-0.05, 0) is 11.8 Å². The Morgan fingerprint density at radius 1 is 1.45 bits per heavy atom. The van der Waals surface area contributed by atoms with Crippen LogP contribution in [0.3, 0.4) is 0 Å². The lowest BCUT2D eigenvalue weighted by Gasteiger charge is -2.21. The Labute approximate surface area is 126 Å². The minimum atomic E-state index is 0.0457. The van der Waals surface area contributed by atoms with E-state index in [0.29, 0.717) is 36.8 Å². The molecule has 1 rings (SSSR count). The van der Waals surface area contributed by atoms with E-state index < -0.39 is 0 Å². The van der Waals surface area contributed by atoms with Crippen LogP contribution in [0.4, 0.5) is 0 Å². The van der Waals surface area contributed by atoms with Crippen LogP contribution in [-0.2, 0) is 9.53 Å². The Bertz CT molecular complexity index is 340. The molecular formula is C14H27N3O2S. The van der Waals surface area contributed by atoms with Crippen LogP contribution >= 0.6 is 11.8 Å².